The van der Waals surface area contributed by atoms with Gasteiger partial charge in [-0.15, -0.1) is 0 Å². The van der Waals surface area contributed by atoms with Crippen LogP contribution < -0.4 is 4.98 Å². The van der Waals surface area contributed by atoms with Gasteiger partial charge in [-0.3, -0.25) is 4.98 Å². The van der Waals surface area contributed by atoms with Crippen molar-refractivity contribution in [3.8, 4) is 0 Å². The Balaban J connectivity index is 4.58. The number of hydrogen-bond donors (Lipinski definition) is 1. The van der Waals surface area contributed by atoms with Gasteiger partial charge in [-0.05, 0) is 33.6 Å². The van der Waals surface area contributed by atoms with E-state index in [0.717, 1.165) is 12.8 Å². The van der Waals surface area contributed by atoms with Gasteiger partial charge in [0.05, 0.1) is 0 Å². The molecule has 1 atom stereocenters. The Bertz CT molecular complexity index is 176. The highest BCUT2D eigenvalue weighted by Crippen LogP contribution is 2.12. The summed E-state index contributed by atoms with van der Waals surface area (Å²) >= 11 is 0. The van der Waals surface area contributed by atoms with Crippen LogP contribution in [0.5, 0.6) is 0 Å². The first-order valence-electron chi connectivity index (χ1n) is 7.37. The van der Waals surface area contributed by atoms with Crippen LogP contribution in [0, 0.1) is 0 Å². The van der Waals surface area contributed by atoms with E-state index in [2.05, 4.69) is 18.8 Å². The van der Waals surface area contributed by atoms with E-state index in [0.29, 0.717) is 25.9 Å². The molecule has 1 N–H and O–H groups in total. The van der Waals surface area contributed by atoms with Gasteiger partial charge < -0.3 is 13.3 Å². The minimum atomic E-state index is -2.68. The molecular formula is C13H31NO3Si. The Morgan fingerprint density at radius 1 is 0.889 bits per heavy atom. The largest absolute Gasteiger partial charge is 0.597 e. The van der Waals surface area contributed by atoms with Gasteiger partial charge in [0, 0.05) is 25.9 Å². The lowest BCUT2D eigenvalue weighted by Gasteiger charge is -2.32. The summed E-state index contributed by atoms with van der Waals surface area (Å²) in [5.74, 6) is 0. The maximum Gasteiger partial charge on any atom is 0.597 e. The summed E-state index contributed by atoms with van der Waals surface area (Å²) in [6, 6.07) is 0.418. The smallest absolute Gasteiger partial charge is 0.361 e. The molecule has 0 rings (SSSR count). The zero-order valence-corrected chi connectivity index (χ0v) is 13.8. The highest BCUT2D eigenvalue weighted by molar-refractivity contribution is 6.58. The first-order chi connectivity index (χ1) is 8.67. The van der Waals surface area contributed by atoms with E-state index in [1.54, 1.807) is 0 Å². The van der Waals surface area contributed by atoms with E-state index in [1.165, 1.54) is 12.8 Å². The Morgan fingerprint density at radius 3 is 1.72 bits per heavy atom. The summed E-state index contributed by atoms with van der Waals surface area (Å²) in [4.78, 5) is 3.53. The first-order valence-corrected chi connectivity index (χ1v) is 9.09. The van der Waals surface area contributed by atoms with E-state index < -0.39 is 8.97 Å². The van der Waals surface area contributed by atoms with Crippen molar-refractivity contribution in [1.82, 2.24) is 4.98 Å². The van der Waals surface area contributed by atoms with Gasteiger partial charge in [-0.1, -0.05) is 26.7 Å². The van der Waals surface area contributed by atoms with Gasteiger partial charge >= 0.3 is 8.97 Å². The highest BCUT2D eigenvalue weighted by Gasteiger charge is 2.43. The summed E-state index contributed by atoms with van der Waals surface area (Å²) in [6.45, 7) is 12.2. The maximum atomic E-state index is 5.81. The molecule has 0 aliphatic heterocycles. The minimum Gasteiger partial charge on any atom is -0.361 e. The Hall–Kier alpha value is 0.0569. The van der Waals surface area contributed by atoms with Crippen LogP contribution >= 0.6 is 0 Å². The minimum absolute atomic E-state index is 0.418. The second kappa shape index (κ2) is 10.9. The predicted molar refractivity (Wildman–Crippen MR) is 77.4 cm³/mol. The summed E-state index contributed by atoms with van der Waals surface area (Å²) in [5.41, 5.74) is 0. The van der Waals surface area contributed by atoms with Crippen LogP contribution in [-0.4, -0.2) is 34.8 Å². The molecule has 0 aromatic rings. The molecular weight excluding hydrogens is 246 g/mol. The quantitative estimate of drug-likeness (QED) is 0.557. The fourth-order valence-corrected chi connectivity index (χ4v) is 4.39. The summed E-state index contributed by atoms with van der Waals surface area (Å²) in [7, 11) is -2.68. The molecule has 0 fully saturated rings. The van der Waals surface area contributed by atoms with Crippen molar-refractivity contribution >= 4 is 8.97 Å². The number of nitrogens with one attached hydrogen (secondary N) is 1. The van der Waals surface area contributed by atoms with Gasteiger partial charge in [0.25, 0.3) is 0 Å². The molecule has 0 heterocycles. The molecule has 18 heavy (non-hydrogen) atoms. The first kappa shape index (κ1) is 18.1. The van der Waals surface area contributed by atoms with Crippen molar-refractivity contribution in [2.45, 2.75) is 66.3 Å². The van der Waals surface area contributed by atoms with Crippen molar-refractivity contribution in [2.24, 2.45) is 0 Å². The molecule has 1 unspecified atom stereocenters. The third kappa shape index (κ3) is 6.85. The van der Waals surface area contributed by atoms with Crippen molar-refractivity contribution in [1.29, 1.82) is 0 Å². The summed E-state index contributed by atoms with van der Waals surface area (Å²) < 4.78 is 17.4. The summed E-state index contributed by atoms with van der Waals surface area (Å²) in [6.07, 6.45) is 4.65. The van der Waals surface area contributed by atoms with E-state index in [-0.39, 0.29) is 0 Å². The van der Waals surface area contributed by atoms with Gasteiger partial charge in [0.2, 0.25) is 0 Å². The van der Waals surface area contributed by atoms with Crippen molar-refractivity contribution in [2.75, 3.05) is 19.8 Å². The Kier molecular flexibility index (Phi) is 11.0. The fraction of sp³-hybridized carbons (Fsp3) is 1.00. The molecule has 0 aromatic heterocycles. The molecule has 4 nitrogen and oxygen atoms in total. The van der Waals surface area contributed by atoms with Crippen LogP contribution in [0.4, 0.5) is 0 Å². The SMILES string of the molecule is CCCCC(CC)N[Si](OCC)(OCC)OCC. The van der Waals surface area contributed by atoms with Gasteiger partial charge in [-0.25, -0.2) is 0 Å². The third-order valence-electron chi connectivity index (χ3n) is 2.78. The number of rotatable bonds is 12. The highest BCUT2D eigenvalue weighted by atomic mass is 28.4. The molecule has 110 valence electrons. The molecule has 5 heteroatoms. The molecule has 0 spiro atoms. The van der Waals surface area contributed by atoms with Gasteiger partial charge in [0.15, 0.2) is 0 Å². The van der Waals surface area contributed by atoms with Gasteiger partial charge in [0.1, 0.15) is 0 Å². The lowest BCUT2D eigenvalue weighted by Crippen LogP contribution is -2.62. The van der Waals surface area contributed by atoms with Crippen molar-refractivity contribution < 1.29 is 13.3 Å². The van der Waals surface area contributed by atoms with Crippen LogP contribution in [0.15, 0.2) is 0 Å². The molecule has 0 aliphatic carbocycles. The fourth-order valence-electron chi connectivity index (χ4n) is 1.90. The Morgan fingerprint density at radius 2 is 1.39 bits per heavy atom. The zero-order chi connectivity index (χ0) is 13.9. The average Bonchev–Trinajstić information content (AvgIpc) is 2.35. The normalized spacial score (nSPS) is 13.8. The average molecular weight is 277 g/mol. The van der Waals surface area contributed by atoms with E-state index in [4.69, 9.17) is 13.3 Å². The zero-order valence-electron chi connectivity index (χ0n) is 12.8. The number of hydrogen-bond acceptors (Lipinski definition) is 4. The predicted octanol–water partition coefficient (Wildman–Crippen LogP) is 3.09. The van der Waals surface area contributed by atoms with Crippen LogP contribution in [0.25, 0.3) is 0 Å². The molecule has 0 aliphatic rings. The van der Waals surface area contributed by atoms with Crippen molar-refractivity contribution in [3.05, 3.63) is 0 Å². The van der Waals surface area contributed by atoms with Crippen LogP contribution in [0.2, 0.25) is 0 Å². The summed E-state index contributed by atoms with van der Waals surface area (Å²) in [5, 5.41) is 0. The molecule has 0 aromatic carbocycles. The molecule has 0 amide bonds. The van der Waals surface area contributed by atoms with Crippen LogP contribution in [0.1, 0.15) is 60.3 Å². The van der Waals surface area contributed by atoms with Gasteiger partial charge in [-0.2, -0.15) is 0 Å². The molecule has 0 radical (unpaired) electrons. The Labute approximate surface area is 114 Å². The van der Waals surface area contributed by atoms with Crippen LogP contribution in [0.3, 0.4) is 0 Å². The maximum absolute atomic E-state index is 5.81. The van der Waals surface area contributed by atoms with Crippen molar-refractivity contribution in [3.63, 3.8) is 0 Å². The number of unbranched alkanes of at least 4 members (excludes halogenated alkanes) is 1. The second-order valence-electron chi connectivity index (χ2n) is 4.25. The topological polar surface area (TPSA) is 39.7 Å². The van der Waals surface area contributed by atoms with E-state index in [1.807, 2.05) is 20.8 Å². The van der Waals surface area contributed by atoms with E-state index in [9.17, 15) is 0 Å². The molecule has 0 bridgehead atoms. The second-order valence-corrected chi connectivity index (χ2v) is 6.51. The lowest BCUT2D eigenvalue weighted by atomic mass is 10.1. The van der Waals surface area contributed by atoms with Crippen LogP contribution in [-0.2, 0) is 13.3 Å². The van der Waals surface area contributed by atoms with E-state index >= 15 is 0 Å². The standard InChI is InChI=1S/C13H31NO3Si/c1-6-11-12-13(7-2)14-18(15-8-3,16-9-4)17-10-5/h13-14H,6-12H2,1-5H3. The molecule has 0 saturated heterocycles. The molecule has 0 saturated carbocycles. The lowest BCUT2D eigenvalue weighted by molar-refractivity contribution is 0.0553. The monoisotopic (exact) mass is 277 g/mol. The third-order valence-corrected chi connectivity index (χ3v) is 5.55.